The lowest BCUT2D eigenvalue weighted by Gasteiger charge is -2.07. The van der Waals surface area contributed by atoms with Crippen LogP contribution in [0.25, 0.3) is 6.08 Å². The van der Waals surface area contributed by atoms with Crippen molar-refractivity contribution < 1.29 is 14.6 Å². The highest BCUT2D eigenvalue weighted by Crippen LogP contribution is 2.23. The maximum absolute atomic E-state index is 11.7. The summed E-state index contributed by atoms with van der Waals surface area (Å²) in [6.07, 6.45) is 7.07. The summed E-state index contributed by atoms with van der Waals surface area (Å²) in [7, 11) is 1.54. The zero-order chi connectivity index (χ0) is 15.8. The Morgan fingerprint density at radius 1 is 1.41 bits per heavy atom. The molecule has 0 unspecified atom stereocenters. The highest BCUT2D eigenvalue weighted by Gasteiger charge is 2.03. The standard InChI is InChI=1S/C17H18N2O3/c1-22-15-6-5-14(16(20)11-15)8-10-19-17(21)7-4-13-3-2-9-18-12-13/h2-7,9,11-12,20H,8,10H2,1H3,(H,19,21)/b7-4+. The minimum absolute atomic E-state index is 0.166. The number of amides is 1. The topological polar surface area (TPSA) is 71.5 Å². The second kappa shape index (κ2) is 7.83. The maximum atomic E-state index is 11.7. The maximum Gasteiger partial charge on any atom is 0.244 e. The lowest BCUT2D eigenvalue weighted by molar-refractivity contribution is -0.116. The Morgan fingerprint density at radius 3 is 2.95 bits per heavy atom. The van der Waals surface area contributed by atoms with E-state index in [0.717, 1.165) is 11.1 Å². The van der Waals surface area contributed by atoms with Gasteiger partial charge >= 0.3 is 0 Å². The van der Waals surface area contributed by atoms with Gasteiger partial charge in [-0.1, -0.05) is 12.1 Å². The third-order valence-corrected chi connectivity index (χ3v) is 3.10. The summed E-state index contributed by atoms with van der Waals surface area (Å²) < 4.78 is 5.02. The fraction of sp³-hybridized carbons (Fsp3) is 0.176. The van der Waals surface area contributed by atoms with Crippen LogP contribution >= 0.6 is 0 Å². The van der Waals surface area contributed by atoms with Crippen molar-refractivity contribution in [3.63, 3.8) is 0 Å². The molecule has 0 aliphatic carbocycles. The number of carbonyl (C=O) groups excluding carboxylic acids is 1. The first-order chi connectivity index (χ1) is 10.7. The number of carbonyl (C=O) groups is 1. The number of benzene rings is 1. The average molecular weight is 298 g/mol. The molecule has 0 saturated carbocycles. The van der Waals surface area contributed by atoms with Crippen LogP contribution in [0.5, 0.6) is 11.5 Å². The van der Waals surface area contributed by atoms with Gasteiger partial charge in [-0.05, 0) is 35.8 Å². The predicted octanol–water partition coefficient (Wildman–Crippen LogP) is 2.17. The van der Waals surface area contributed by atoms with Crippen LogP contribution < -0.4 is 10.1 Å². The number of hydrogen-bond donors (Lipinski definition) is 2. The molecule has 1 amide bonds. The van der Waals surface area contributed by atoms with Crippen molar-refractivity contribution in [3.8, 4) is 11.5 Å². The van der Waals surface area contributed by atoms with Crippen molar-refractivity contribution in [1.82, 2.24) is 10.3 Å². The molecule has 2 aromatic rings. The van der Waals surface area contributed by atoms with E-state index in [9.17, 15) is 9.90 Å². The molecule has 0 spiro atoms. The van der Waals surface area contributed by atoms with Gasteiger partial charge in [-0.25, -0.2) is 0 Å². The van der Waals surface area contributed by atoms with E-state index in [1.54, 1.807) is 43.8 Å². The normalized spacial score (nSPS) is 10.6. The number of methoxy groups -OCH3 is 1. The summed E-state index contributed by atoms with van der Waals surface area (Å²) in [6, 6.07) is 8.79. The molecule has 5 heteroatoms. The molecule has 2 N–H and O–H groups in total. The quantitative estimate of drug-likeness (QED) is 0.802. The van der Waals surface area contributed by atoms with Gasteiger partial charge in [0.2, 0.25) is 5.91 Å². The summed E-state index contributed by atoms with van der Waals surface area (Å²) in [5.74, 6) is 0.584. The number of aromatic hydroxyl groups is 1. The van der Waals surface area contributed by atoms with Gasteiger partial charge in [-0.15, -0.1) is 0 Å². The van der Waals surface area contributed by atoms with E-state index in [1.165, 1.54) is 6.08 Å². The van der Waals surface area contributed by atoms with Crippen molar-refractivity contribution in [2.45, 2.75) is 6.42 Å². The molecule has 114 valence electrons. The van der Waals surface area contributed by atoms with Crippen LogP contribution in [0.1, 0.15) is 11.1 Å². The summed E-state index contributed by atoms with van der Waals surface area (Å²) >= 11 is 0. The third kappa shape index (κ3) is 4.63. The smallest absolute Gasteiger partial charge is 0.244 e. The molecule has 0 saturated heterocycles. The third-order valence-electron chi connectivity index (χ3n) is 3.10. The first kappa shape index (κ1) is 15.6. The number of nitrogens with one attached hydrogen (secondary N) is 1. The zero-order valence-corrected chi connectivity index (χ0v) is 12.3. The molecular formula is C17H18N2O3. The predicted molar refractivity (Wildman–Crippen MR) is 84.6 cm³/mol. The number of phenolic OH excluding ortho intramolecular Hbond substituents is 1. The van der Waals surface area contributed by atoms with E-state index in [1.807, 2.05) is 12.1 Å². The molecule has 0 atom stereocenters. The second-order valence-electron chi connectivity index (χ2n) is 4.66. The van der Waals surface area contributed by atoms with Crippen LogP contribution in [-0.4, -0.2) is 29.7 Å². The number of phenols is 1. The summed E-state index contributed by atoms with van der Waals surface area (Å²) in [5, 5.41) is 12.6. The van der Waals surface area contributed by atoms with Gasteiger partial charge in [-0.3, -0.25) is 9.78 Å². The Labute approximate surface area is 129 Å². The zero-order valence-electron chi connectivity index (χ0n) is 12.3. The number of pyridine rings is 1. The fourth-order valence-corrected chi connectivity index (χ4v) is 1.91. The largest absolute Gasteiger partial charge is 0.508 e. The van der Waals surface area contributed by atoms with E-state index >= 15 is 0 Å². The van der Waals surface area contributed by atoms with Crippen molar-refractivity contribution in [2.24, 2.45) is 0 Å². The molecule has 0 radical (unpaired) electrons. The Morgan fingerprint density at radius 2 is 2.27 bits per heavy atom. The number of rotatable bonds is 6. The van der Waals surface area contributed by atoms with E-state index < -0.39 is 0 Å². The number of nitrogens with zero attached hydrogens (tertiary/aromatic N) is 1. The summed E-state index contributed by atoms with van der Waals surface area (Å²) in [4.78, 5) is 15.7. The molecule has 1 aromatic heterocycles. The van der Waals surface area contributed by atoms with Crippen LogP contribution in [0.15, 0.2) is 48.8 Å². The first-order valence-electron chi connectivity index (χ1n) is 6.91. The van der Waals surface area contributed by atoms with Gasteiger partial charge in [0, 0.05) is 31.1 Å². The number of aromatic nitrogens is 1. The Hall–Kier alpha value is -2.82. The monoisotopic (exact) mass is 298 g/mol. The van der Waals surface area contributed by atoms with Crippen molar-refractivity contribution in [3.05, 3.63) is 59.9 Å². The Balaban J connectivity index is 1.81. The van der Waals surface area contributed by atoms with Crippen LogP contribution in [0.2, 0.25) is 0 Å². The molecular weight excluding hydrogens is 280 g/mol. The van der Waals surface area contributed by atoms with Crippen molar-refractivity contribution >= 4 is 12.0 Å². The molecule has 2 rings (SSSR count). The first-order valence-corrected chi connectivity index (χ1v) is 6.91. The fourth-order valence-electron chi connectivity index (χ4n) is 1.91. The van der Waals surface area contributed by atoms with Gasteiger partial charge in [-0.2, -0.15) is 0 Å². The Kier molecular flexibility index (Phi) is 5.54. The van der Waals surface area contributed by atoms with E-state index in [0.29, 0.717) is 18.7 Å². The molecule has 1 heterocycles. The molecule has 0 aliphatic heterocycles. The van der Waals surface area contributed by atoms with Gasteiger partial charge in [0.15, 0.2) is 0 Å². The highest BCUT2D eigenvalue weighted by molar-refractivity contribution is 5.91. The summed E-state index contributed by atoms with van der Waals surface area (Å²) in [5.41, 5.74) is 1.63. The molecule has 0 bridgehead atoms. The van der Waals surface area contributed by atoms with Gasteiger partial charge < -0.3 is 15.2 Å². The van der Waals surface area contributed by atoms with Crippen LogP contribution in [-0.2, 0) is 11.2 Å². The minimum atomic E-state index is -0.183. The van der Waals surface area contributed by atoms with Crippen LogP contribution in [0, 0.1) is 0 Å². The number of hydrogen-bond acceptors (Lipinski definition) is 4. The second-order valence-corrected chi connectivity index (χ2v) is 4.66. The highest BCUT2D eigenvalue weighted by atomic mass is 16.5. The van der Waals surface area contributed by atoms with Gasteiger partial charge in [0.05, 0.1) is 7.11 Å². The van der Waals surface area contributed by atoms with Crippen LogP contribution in [0.3, 0.4) is 0 Å². The molecule has 0 fully saturated rings. The molecule has 1 aromatic carbocycles. The van der Waals surface area contributed by atoms with Gasteiger partial charge in [0.25, 0.3) is 0 Å². The van der Waals surface area contributed by atoms with Crippen molar-refractivity contribution in [1.29, 1.82) is 0 Å². The van der Waals surface area contributed by atoms with E-state index in [2.05, 4.69) is 10.3 Å². The van der Waals surface area contributed by atoms with E-state index in [4.69, 9.17) is 4.74 Å². The lowest BCUT2D eigenvalue weighted by atomic mass is 10.1. The van der Waals surface area contributed by atoms with Crippen LogP contribution in [0.4, 0.5) is 0 Å². The van der Waals surface area contributed by atoms with E-state index in [-0.39, 0.29) is 11.7 Å². The van der Waals surface area contributed by atoms with Crippen molar-refractivity contribution in [2.75, 3.05) is 13.7 Å². The van der Waals surface area contributed by atoms with Gasteiger partial charge in [0.1, 0.15) is 11.5 Å². The summed E-state index contributed by atoms with van der Waals surface area (Å²) in [6.45, 7) is 0.441. The minimum Gasteiger partial charge on any atom is -0.508 e. The molecule has 0 aliphatic rings. The number of ether oxygens (including phenoxy) is 1. The lowest BCUT2D eigenvalue weighted by Crippen LogP contribution is -2.23. The molecule has 5 nitrogen and oxygen atoms in total. The average Bonchev–Trinajstić information content (AvgIpc) is 2.55. The molecule has 22 heavy (non-hydrogen) atoms. The Bertz CT molecular complexity index is 654. The SMILES string of the molecule is COc1ccc(CCNC(=O)/C=C/c2cccnc2)c(O)c1.